The van der Waals surface area contributed by atoms with Gasteiger partial charge in [0.15, 0.2) is 5.82 Å². The molecule has 1 aliphatic heterocycles. The number of fused-ring (bicyclic) bond motifs is 1. The zero-order chi connectivity index (χ0) is 27.2. The Kier molecular flexibility index (Phi) is 9.72. The van der Waals surface area contributed by atoms with Crippen LogP contribution < -0.4 is 15.4 Å². The van der Waals surface area contributed by atoms with E-state index < -0.39 is 18.7 Å². The molecule has 0 aliphatic carbocycles. The minimum Gasteiger partial charge on any atom is -0.495 e. The Bertz CT molecular complexity index is 1320. The molecule has 200 valence electrons. The van der Waals surface area contributed by atoms with E-state index in [0.29, 0.717) is 17.7 Å². The van der Waals surface area contributed by atoms with Crippen molar-refractivity contribution in [2.45, 2.75) is 13.0 Å². The highest BCUT2D eigenvalue weighted by molar-refractivity contribution is 7.81. The van der Waals surface area contributed by atoms with Gasteiger partial charge < -0.3 is 29.0 Å². The fourth-order valence-electron chi connectivity index (χ4n) is 3.49. The van der Waals surface area contributed by atoms with E-state index in [1.807, 2.05) is 25.5 Å². The lowest BCUT2D eigenvalue weighted by molar-refractivity contribution is 0.312. The van der Waals surface area contributed by atoms with E-state index in [1.165, 1.54) is 23.9 Å². The minimum absolute atomic E-state index is 0.0572. The Morgan fingerprint density at radius 1 is 1.32 bits per heavy atom. The predicted molar refractivity (Wildman–Crippen MR) is 144 cm³/mol. The van der Waals surface area contributed by atoms with Crippen LogP contribution in [0.15, 0.2) is 54.8 Å². The molecule has 0 fully saturated rings. The van der Waals surface area contributed by atoms with Crippen molar-refractivity contribution in [3.8, 4) is 5.75 Å². The van der Waals surface area contributed by atoms with Crippen LogP contribution in [0.2, 0.25) is 5.02 Å². The van der Waals surface area contributed by atoms with Crippen LogP contribution in [0.4, 0.5) is 21.3 Å². The monoisotopic (exact) mass is 571 g/mol. The van der Waals surface area contributed by atoms with Crippen LogP contribution in [0.5, 0.6) is 5.75 Å². The molecule has 37 heavy (non-hydrogen) atoms. The molecule has 0 atom stereocenters. The molecule has 2 aromatic rings. The summed E-state index contributed by atoms with van der Waals surface area (Å²) in [5.74, 6) is 1.02. The van der Waals surface area contributed by atoms with Gasteiger partial charge in [0.05, 0.1) is 27.1 Å². The highest BCUT2D eigenvalue weighted by atomic mass is 35.5. The number of hydrogen-bond acceptors (Lipinski definition) is 10. The maximum absolute atomic E-state index is 13.1. The number of nitrogens with one attached hydrogen (secondary N) is 2. The number of rotatable bonds is 11. The van der Waals surface area contributed by atoms with Gasteiger partial charge in [0.25, 0.3) is 0 Å². The number of halogens is 2. The van der Waals surface area contributed by atoms with Crippen LogP contribution in [0.3, 0.4) is 0 Å². The number of benzene rings is 1. The summed E-state index contributed by atoms with van der Waals surface area (Å²) in [6.45, 7) is 9.02. The summed E-state index contributed by atoms with van der Waals surface area (Å²) in [4.78, 5) is 10.9. The number of hydrogen-bond donors (Lipinski definition) is 2. The molecule has 0 unspecified atom stereocenters. The highest BCUT2D eigenvalue weighted by Crippen LogP contribution is 2.35. The van der Waals surface area contributed by atoms with E-state index in [9.17, 15) is 12.3 Å². The average molecular weight is 572 g/mol. The summed E-state index contributed by atoms with van der Waals surface area (Å²) in [6.07, 6.45) is 5.80. The summed E-state index contributed by atoms with van der Waals surface area (Å²) in [6, 6.07) is 3.98. The summed E-state index contributed by atoms with van der Waals surface area (Å²) >= 11 is 6.31. The van der Waals surface area contributed by atoms with Crippen molar-refractivity contribution in [1.82, 2.24) is 14.9 Å². The van der Waals surface area contributed by atoms with Crippen LogP contribution >= 0.6 is 19.7 Å². The van der Waals surface area contributed by atoms with Crippen LogP contribution in [0, 0.1) is 0 Å². The van der Waals surface area contributed by atoms with Gasteiger partial charge in [-0.3, -0.25) is 0 Å². The first-order chi connectivity index (χ1) is 17.5. The largest absolute Gasteiger partial charge is 0.495 e. The summed E-state index contributed by atoms with van der Waals surface area (Å²) in [5.41, 5.74) is 2.97. The molecule has 0 saturated heterocycles. The second-order valence-corrected chi connectivity index (χ2v) is 11.3. The van der Waals surface area contributed by atoms with Gasteiger partial charge in [-0.15, -0.1) is 0 Å². The Balaban J connectivity index is 1.96. The minimum atomic E-state index is -5.28. The fourth-order valence-corrected chi connectivity index (χ4v) is 4.39. The van der Waals surface area contributed by atoms with Crippen molar-refractivity contribution in [2.24, 2.45) is 0 Å². The highest BCUT2D eigenvalue weighted by Gasteiger charge is 2.19. The quantitative estimate of drug-likeness (QED) is 0.163. The SMILES string of the molecule is C=C/C=C(OP(C)C)\C(=C/OS(=O)(=O)F)Nc1nc(Nc2cc3c(cc2OC)CCN(C)C3)ncc1Cl. The average Bonchev–Trinajstić information content (AvgIpc) is 2.82. The van der Waals surface area contributed by atoms with Crippen molar-refractivity contribution in [2.75, 3.05) is 44.7 Å². The molecular weight excluding hydrogens is 544 g/mol. The van der Waals surface area contributed by atoms with Crippen molar-refractivity contribution in [3.05, 3.63) is 70.9 Å². The number of methoxy groups -OCH3 is 1. The van der Waals surface area contributed by atoms with Gasteiger partial charge in [-0.05, 0) is 56.1 Å². The maximum Gasteiger partial charge on any atom is 0.488 e. The van der Waals surface area contributed by atoms with E-state index in [4.69, 9.17) is 20.9 Å². The first-order valence-corrected chi connectivity index (χ1v) is 14.8. The zero-order valence-electron chi connectivity index (χ0n) is 20.8. The number of likely N-dealkylation sites (N-methyl/N-ethyl adjacent to an activating group) is 1. The first kappa shape index (κ1) is 28.6. The van der Waals surface area contributed by atoms with Gasteiger partial charge in [0.2, 0.25) is 5.95 Å². The number of aromatic nitrogens is 2. The maximum atomic E-state index is 13.1. The van der Waals surface area contributed by atoms with Crippen molar-refractivity contribution in [1.29, 1.82) is 0 Å². The Morgan fingerprint density at radius 2 is 2.08 bits per heavy atom. The second kappa shape index (κ2) is 12.6. The molecular formula is C23H28ClFN5O5PS. The molecule has 1 aromatic carbocycles. The third kappa shape index (κ3) is 8.29. The Labute approximate surface area is 222 Å². The number of nitrogens with zero attached hydrogens (tertiary/aromatic N) is 3. The lowest BCUT2D eigenvalue weighted by Crippen LogP contribution is -2.26. The Hall–Kier alpha value is -2.92. The van der Waals surface area contributed by atoms with Gasteiger partial charge >= 0.3 is 10.5 Å². The van der Waals surface area contributed by atoms with E-state index in [2.05, 4.69) is 43.3 Å². The lowest BCUT2D eigenvalue weighted by Gasteiger charge is -2.26. The Morgan fingerprint density at radius 3 is 2.73 bits per heavy atom. The van der Waals surface area contributed by atoms with Crippen molar-refractivity contribution >= 4 is 47.7 Å². The smallest absolute Gasteiger partial charge is 0.488 e. The normalized spacial score (nSPS) is 14.7. The predicted octanol–water partition coefficient (Wildman–Crippen LogP) is 5.10. The van der Waals surface area contributed by atoms with Crippen LogP contribution in [0.25, 0.3) is 0 Å². The number of ether oxygens (including phenoxy) is 1. The molecule has 10 nitrogen and oxygen atoms in total. The number of allylic oxidation sites excluding steroid dienone is 2. The summed E-state index contributed by atoms with van der Waals surface area (Å²) in [7, 11) is -2.59. The van der Waals surface area contributed by atoms with Crippen LogP contribution in [-0.2, 0) is 32.2 Å². The van der Waals surface area contributed by atoms with E-state index in [0.717, 1.165) is 25.1 Å². The molecule has 14 heteroatoms. The zero-order valence-corrected chi connectivity index (χ0v) is 23.3. The van der Waals surface area contributed by atoms with Gasteiger partial charge in [-0.2, -0.15) is 13.4 Å². The molecule has 1 aromatic heterocycles. The molecule has 0 saturated carbocycles. The molecule has 3 rings (SSSR count). The third-order valence-corrected chi connectivity index (χ3v) is 6.23. The first-order valence-electron chi connectivity index (χ1n) is 11.0. The van der Waals surface area contributed by atoms with Crippen LogP contribution in [-0.4, -0.2) is 57.3 Å². The molecule has 0 radical (unpaired) electrons. The standard InChI is InChI=1S/C23H28ClFN5O5PS/c1-6-7-20(35-36(4)5)19(14-34-37(25,31)32)27-22-17(24)12-26-23(29-22)28-18-10-16-13-30(2)9-8-15(16)11-21(18)33-3/h6-7,10-12,14H,1,8-9,13H2,2-5H3,(H2,26,27,28,29)/b19-14+,20-7+. The topological polar surface area (TPSA) is 115 Å². The third-order valence-electron chi connectivity index (χ3n) is 5.07. The van der Waals surface area contributed by atoms with E-state index in [-0.39, 0.29) is 28.2 Å². The fraction of sp³-hybridized carbons (Fsp3) is 0.304. The molecule has 2 N–H and O–H groups in total. The van der Waals surface area contributed by atoms with Gasteiger partial charge in [0.1, 0.15) is 28.5 Å². The van der Waals surface area contributed by atoms with E-state index >= 15 is 0 Å². The van der Waals surface area contributed by atoms with Crippen molar-refractivity contribution in [3.63, 3.8) is 0 Å². The molecule has 2 heterocycles. The number of anilines is 3. The molecule has 0 amide bonds. The summed E-state index contributed by atoms with van der Waals surface area (Å²) in [5, 5.41) is 6.08. The van der Waals surface area contributed by atoms with Crippen LogP contribution in [0.1, 0.15) is 11.1 Å². The van der Waals surface area contributed by atoms with Gasteiger partial charge in [0, 0.05) is 13.1 Å². The molecule has 0 spiro atoms. The molecule has 1 aliphatic rings. The molecule has 0 bridgehead atoms. The summed E-state index contributed by atoms with van der Waals surface area (Å²) < 4.78 is 50.7. The van der Waals surface area contributed by atoms with Gasteiger partial charge in [-0.25, -0.2) is 4.98 Å². The lowest BCUT2D eigenvalue weighted by atomic mass is 9.99. The van der Waals surface area contributed by atoms with E-state index in [1.54, 1.807) is 7.11 Å². The van der Waals surface area contributed by atoms with Crippen molar-refractivity contribution < 1.29 is 25.7 Å². The second-order valence-electron chi connectivity index (χ2n) is 8.14. The van der Waals surface area contributed by atoms with Gasteiger partial charge in [-0.1, -0.05) is 28.1 Å².